The number of hydrogen-bond donors (Lipinski definition) is 1. The standard InChI is InChI=1S/C16H23N3O2/c1-10-9-13(11(2)18-17-10)16(21)19-8-4-6-14(19)12-5-3-7-15(12)20/h9,12,14-15,20H,3-8H2,1-2H3. The summed E-state index contributed by atoms with van der Waals surface area (Å²) in [6.07, 6.45) is 4.75. The highest BCUT2D eigenvalue weighted by Gasteiger charge is 2.40. The van der Waals surface area contributed by atoms with Crippen LogP contribution >= 0.6 is 0 Å². The van der Waals surface area contributed by atoms with Crippen molar-refractivity contribution < 1.29 is 9.90 Å². The van der Waals surface area contributed by atoms with Crippen LogP contribution in [-0.4, -0.2) is 44.8 Å². The molecule has 1 amide bonds. The molecule has 1 saturated carbocycles. The lowest BCUT2D eigenvalue weighted by molar-refractivity contribution is 0.0526. The van der Waals surface area contributed by atoms with Gasteiger partial charge in [0.15, 0.2) is 0 Å². The van der Waals surface area contributed by atoms with Gasteiger partial charge in [0.05, 0.1) is 23.1 Å². The molecule has 0 bridgehead atoms. The van der Waals surface area contributed by atoms with Crippen LogP contribution in [0.15, 0.2) is 6.07 Å². The fraction of sp³-hybridized carbons (Fsp3) is 0.688. The molecule has 5 heteroatoms. The van der Waals surface area contributed by atoms with Crippen LogP contribution in [0.3, 0.4) is 0 Å². The topological polar surface area (TPSA) is 66.3 Å². The summed E-state index contributed by atoms with van der Waals surface area (Å²) < 4.78 is 0. The van der Waals surface area contributed by atoms with Gasteiger partial charge in [0.2, 0.25) is 0 Å². The van der Waals surface area contributed by atoms with E-state index in [1.54, 1.807) is 0 Å². The molecule has 3 rings (SSSR count). The van der Waals surface area contributed by atoms with Gasteiger partial charge in [0.25, 0.3) is 5.91 Å². The summed E-state index contributed by atoms with van der Waals surface area (Å²) in [6.45, 7) is 4.47. The first kappa shape index (κ1) is 14.4. The minimum atomic E-state index is -0.248. The maximum absolute atomic E-state index is 12.9. The third kappa shape index (κ3) is 2.67. The van der Waals surface area contributed by atoms with Crippen molar-refractivity contribution in [3.8, 4) is 0 Å². The minimum Gasteiger partial charge on any atom is -0.393 e. The number of rotatable bonds is 2. The number of nitrogens with zero attached hydrogens (tertiary/aromatic N) is 3. The molecule has 114 valence electrons. The summed E-state index contributed by atoms with van der Waals surface area (Å²) in [5.41, 5.74) is 2.10. The Hall–Kier alpha value is -1.49. The van der Waals surface area contributed by atoms with E-state index in [-0.39, 0.29) is 24.0 Å². The van der Waals surface area contributed by atoms with Gasteiger partial charge in [0, 0.05) is 18.5 Å². The molecule has 2 heterocycles. The van der Waals surface area contributed by atoms with Crippen LogP contribution in [-0.2, 0) is 0 Å². The molecule has 2 fully saturated rings. The van der Waals surface area contributed by atoms with Crippen molar-refractivity contribution in [1.82, 2.24) is 15.1 Å². The Morgan fingerprint density at radius 3 is 2.76 bits per heavy atom. The van der Waals surface area contributed by atoms with Crippen molar-refractivity contribution in [2.24, 2.45) is 5.92 Å². The van der Waals surface area contributed by atoms with Gasteiger partial charge >= 0.3 is 0 Å². The Kier molecular flexibility index (Phi) is 3.93. The van der Waals surface area contributed by atoms with E-state index in [0.717, 1.165) is 44.3 Å². The molecule has 0 radical (unpaired) electrons. The smallest absolute Gasteiger partial charge is 0.256 e. The van der Waals surface area contributed by atoms with Gasteiger partial charge in [-0.3, -0.25) is 4.79 Å². The summed E-state index contributed by atoms with van der Waals surface area (Å²) in [6, 6.07) is 2.01. The van der Waals surface area contributed by atoms with E-state index in [1.165, 1.54) is 0 Å². The summed E-state index contributed by atoms with van der Waals surface area (Å²) in [7, 11) is 0. The number of aromatic nitrogens is 2. The molecule has 1 saturated heterocycles. The van der Waals surface area contributed by atoms with Crippen LogP contribution in [0.1, 0.15) is 53.8 Å². The first-order valence-electron chi connectivity index (χ1n) is 7.88. The summed E-state index contributed by atoms with van der Waals surface area (Å²) in [5, 5.41) is 18.2. The quantitative estimate of drug-likeness (QED) is 0.902. The number of aryl methyl sites for hydroxylation is 2. The Morgan fingerprint density at radius 1 is 1.24 bits per heavy atom. The Morgan fingerprint density at radius 2 is 2.05 bits per heavy atom. The Balaban J connectivity index is 1.84. The summed E-state index contributed by atoms with van der Waals surface area (Å²) in [5.74, 6) is 0.291. The highest BCUT2D eigenvalue weighted by Crippen LogP contribution is 2.36. The maximum atomic E-state index is 12.9. The van der Waals surface area contributed by atoms with Crippen LogP contribution in [0.5, 0.6) is 0 Å². The molecule has 1 aliphatic carbocycles. The molecular formula is C16H23N3O2. The van der Waals surface area contributed by atoms with Gasteiger partial charge < -0.3 is 10.0 Å². The van der Waals surface area contributed by atoms with Crippen molar-refractivity contribution in [3.63, 3.8) is 0 Å². The van der Waals surface area contributed by atoms with Gasteiger partial charge in [-0.15, -0.1) is 0 Å². The van der Waals surface area contributed by atoms with Gasteiger partial charge in [0.1, 0.15) is 0 Å². The minimum absolute atomic E-state index is 0.0482. The Bertz CT molecular complexity index is 546. The van der Waals surface area contributed by atoms with Crippen LogP contribution in [0.2, 0.25) is 0 Å². The average molecular weight is 289 g/mol. The number of aliphatic hydroxyl groups excluding tert-OH is 1. The number of carbonyl (C=O) groups is 1. The van der Waals surface area contributed by atoms with Crippen molar-refractivity contribution in [2.75, 3.05) is 6.54 Å². The van der Waals surface area contributed by atoms with Gasteiger partial charge in [-0.2, -0.15) is 10.2 Å². The number of aliphatic hydroxyl groups is 1. The first-order valence-corrected chi connectivity index (χ1v) is 7.88. The second kappa shape index (κ2) is 5.72. The molecule has 3 atom stereocenters. The molecule has 2 aliphatic rings. The van der Waals surface area contributed by atoms with E-state index in [4.69, 9.17) is 0 Å². The van der Waals surface area contributed by atoms with Crippen molar-refractivity contribution in [1.29, 1.82) is 0 Å². The average Bonchev–Trinajstić information content (AvgIpc) is 3.08. The molecule has 0 spiro atoms. The molecular weight excluding hydrogens is 266 g/mol. The third-order valence-corrected chi connectivity index (χ3v) is 4.92. The highest BCUT2D eigenvalue weighted by atomic mass is 16.3. The number of hydrogen-bond acceptors (Lipinski definition) is 4. The molecule has 1 N–H and O–H groups in total. The molecule has 5 nitrogen and oxygen atoms in total. The molecule has 3 unspecified atom stereocenters. The highest BCUT2D eigenvalue weighted by molar-refractivity contribution is 5.95. The van der Waals surface area contributed by atoms with E-state index in [0.29, 0.717) is 11.3 Å². The van der Waals surface area contributed by atoms with E-state index in [1.807, 2.05) is 24.8 Å². The van der Waals surface area contributed by atoms with Crippen LogP contribution in [0.4, 0.5) is 0 Å². The number of carbonyl (C=O) groups excluding carboxylic acids is 1. The lowest BCUT2D eigenvalue weighted by atomic mass is 9.93. The monoisotopic (exact) mass is 289 g/mol. The zero-order valence-electron chi connectivity index (χ0n) is 12.7. The molecule has 1 aliphatic heterocycles. The van der Waals surface area contributed by atoms with Gasteiger partial charge in [-0.1, -0.05) is 6.42 Å². The van der Waals surface area contributed by atoms with Crippen molar-refractivity contribution in [3.05, 3.63) is 23.0 Å². The fourth-order valence-corrected chi connectivity index (χ4v) is 3.83. The first-order chi connectivity index (χ1) is 10.1. The van der Waals surface area contributed by atoms with Crippen LogP contribution in [0, 0.1) is 19.8 Å². The zero-order chi connectivity index (χ0) is 15.0. The van der Waals surface area contributed by atoms with Gasteiger partial charge in [-0.05, 0) is 45.6 Å². The number of likely N-dealkylation sites (tertiary alicyclic amines) is 1. The second-order valence-electron chi connectivity index (χ2n) is 6.36. The summed E-state index contributed by atoms with van der Waals surface area (Å²) >= 11 is 0. The third-order valence-electron chi connectivity index (χ3n) is 4.92. The van der Waals surface area contributed by atoms with E-state index in [2.05, 4.69) is 10.2 Å². The van der Waals surface area contributed by atoms with Crippen molar-refractivity contribution in [2.45, 2.75) is 58.1 Å². The van der Waals surface area contributed by atoms with E-state index < -0.39 is 0 Å². The van der Waals surface area contributed by atoms with E-state index in [9.17, 15) is 9.90 Å². The molecule has 21 heavy (non-hydrogen) atoms. The molecule has 0 aromatic carbocycles. The van der Waals surface area contributed by atoms with E-state index >= 15 is 0 Å². The zero-order valence-corrected chi connectivity index (χ0v) is 12.7. The SMILES string of the molecule is Cc1cc(C(=O)N2CCCC2C2CCCC2O)c(C)nn1. The largest absolute Gasteiger partial charge is 0.393 e. The lowest BCUT2D eigenvalue weighted by Gasteiger charge is -2.31. The van der Waals surface area contributed by atoms with Crippen LogP contribution < -0.4 is 0 Å². The van der Waals surface area contributed by atoms with Crippen LogP contribution in [0.25, 0.3) is 0 Å². The molecule has 1 aromatic rings. The van der Waals surface area contributed by atoms with Gasteiger partial charge in [-0.25, -0.2) is 0 Å². The fourth-order valence-electron chi connectivity index (χ4n) is 3.83. The Labute approximate surface area is 125 Å². The maximum Gasteiger partial charge on any atom is 0.256 e. The van der Waals surface area contributed by atoms with Crippen molar-refractivity contribution >= 4 is 5.91 Å². The lowest BCUT2D eigenvalue weighted by Crippen LogP contribution is -2.42. The normalized spacial score (nSPS) is 29.1. The predicted molar refractivity (Wildman–Crippen MR) is 78.9 cm³/mol. The molecule has 1 aromatic heterocycles. The second-order valence-corrected chi connectivity index (χ2v) is 6.36. The number of amides is 1. The summed E-state index contributed by atoms with van der Waals surface area (Å²) in [4.78, 5) is 14.8. The predicted octanol–water partition coefficient (Wildman–Crippen LogP) is 1.86.